The molecular formula is C23H28N4O3. The third-order valence-electron chi connectivity index (χ3n) is 5.38. The summed E-state index contributed by atoms with van der Waals surface area (Å²) < 4.78 is 0. The summed E-state index contributed by atoms with van der Waals surface area (Å²) in [6.45, 7) is 3.02. The highest BCUT2D eigenvalue weighted by Gasteiger charge is 2.23. The van der Waals surface area contributed by atoms with Crippen molar-refractivity contribution in [2.45, 2.75) is 32.2 Å². The van der Waals surface area contributed by atoms with Crippen molar-refractivity contribution in [1.82, 2.24) is 5.32 Å². The summed E-state index contributed by atoms with van der Waals surface area (Å²) in [6, 6.07) is 16.7. The molecule has 1 heterocycles. The van der Waals surface area contributed by atoms with Crippen molar-refractivity contribution in [2.75, 3.05) is 23.3 Å². The molecule has 1 fully saturated rings. The van der Waals surface area contributed by atoms with Gasteiger partial charge < -0.3 is 21.3 Å². The standard InChI is InChI=1S/C23H28N4O3/c1-16(28)25-21(17-5-3-2-4-6-17)15-22(29)26-19-7-9-20(10-8-19)27-13-11-18(12-14-27)23(24)30/h2-10,18,21H,11-15H2,1H3,(H2,24,30)(H,25,28)(H,26,29). The fourth-order valence-corrected chi connectivity index (χ4v) is 3.76. The quantitative estimate of drug-likeness (QED) is 0.655. The first kappa shape index (κ1) is 21.4. The van der Waals surface area contributed by atoms with Gasteiger partial charge in [0.25, 0.3) is 0 Å². The van der Waals surface area contributed by atoms with E-state index in [1.165, 1.54) is 6.92 Å². The number of nitrogens with one attached hydrogen (secondary N) is 2. The van der Waals surface area contributed by atoms with Crippen LogP contribution in [0, 0.1) is 5.92 Å². The van der Waals surface area contributed by atoms with Crippen LogP contribution in [0.15, 0.2) is 54.6 Å². The molecule has 1 saturated heterocycles. The predicted molar refractivity (Wildman–Crippen MR) is 117 cm³/mol. The number of anilines is 2. The lowest BCUT2D eigenvalue weighted by atomic mass is 9.96. The zero-order chi connectivity index (χ0) is 21.5. The van der Waals surface area contributed by atoms with Gasteiger partial charge in [0, 0.05) is 37.3 Å². The topological polar surface area (TPSA) is 105 Å². The molecule has 1 unspecified atom stereocenters. The number of hydrogen-bond acceptors (Lipinski definition) is 4. The highest BCUT2D eigenvalue weighted by atomic mass is 16.2. The van der Waals surface area contributed by atoms with Crippen molar-refractivity contribution in [3.63, 3.8) is 0 Å². The van der Waals surface area contributed by atoms with Crippen LogP contribution in [-0.4, -0.2) is 30.8 Å². The number of nitrogens with zero attached hydrogens (tertiary/aromatic N) is 1. The van der Waals surface area contributed by atoms with Crippen LogP contribution in [0.4, 0.5) is 11.4 Å². The zero-order valence-electron chi connectivity index (χ0n) is 17.1. The Balaban J connectivity index is 1.57. The Morgan fingerprint density at radius 1 is 1.03 bits per heavy atom. The molecule has 3 rings (SSSR count). The van der Waals surface area contributed by atoms with Gasteiger partial charge in [-0.25, -0.2) is 0 Å². The predicted octanol–water partition coefficient (Wildman–Crippen LogP) is 2.59. The number of hydrogen-bond donors (Lipinski definition) is 3. The van der Waals surface area contributed by atoms with Crippen molar-refractivity contribution < 1.29 is 14.4 Å². The highest BCUT2D eigenvalue weighted by Crippen LogP contribution is 2.25. The largest absolute Gasteiger partial charge is 0.371 e. The first-order valence-corrected chi connectivity index (χ1v) is 10.2. The zero-order valence-corrected chi connectivity index (χ0v) is 17.1. The number of primary amides is 1. The average molecular weight is 409 g/mol. The second kappa shape index (κ2) is 9.91. The maximum absolute atomic E-state index is 12.5. The summed E-state index contributed by atoms with van der Waals surface area (Å²) in [7, 11) is 0. The molecule has 0 spiro atoms. The fourth-order valence-electron chi connectivity index (χ4n) is 3.76. The Hall–Kier alpha value is -3.35. The van der Waals surface area contributed by atoms with Crippen LogP contribution in [0.2, 0.25) is 0 Å². The highest BCUT2D eigenvalue weighted by molar-refractivity contribution is 5.91. The Labute approximate surface area is 176 Å². The van der Waals surface area contributed by atoms with Crippen LogP contribution >= 0.6 is 0 Å². The molecule has 7 nitrogen and oxygen atoms in total. The molecule has 0 radical (unpaired) electrons. The molecular weight excluding hydrogens is 380 g/mol. The fraction of sp³-hybridized carbons (Fsp3) is 0.348. The molecule has 1 aliphatic heterocycles. The van der Waals surface area contributed by atoms with Crippen LogP contribution < -0.4 is 21.3 Å². The monoisotopic (exact) mass is 408 g/mol. The van der Waals surface area contributed by atoms with Crippen LogP contribution in [0.3, 0.4) is 0 Å². The average Bonchev–Trinajstić information content (AvgIpc) is 2.74. The van der Waals surface area contributed by atoms with Crippen LogP contribution in [0.5, 0.6) is 0 Å². The molecule has 7 heteroatoms. The van der Waals surface area contributed by atoms with E-state index in [9.17, 15) is 14.4 Å². The van der Waals surface area contributed by atoms with Gasteiger partial charge in [-0.3, -0.25) is 14.4 Å². The van der Waals surface area contributed by atoms with E-state index in [0.717, 1.165) is 37.2 Å². The van der Waals surface area contributed by atoms with Crippen molar-refractivity contribution in [1.29, 1.82) is 0 Å². The summed E-state index contributed by atoms with van der Waals surface area (Å²) in [5, 5.41) is 5.73. The van der Waals surface area contributed by atoms with E-state index in [-0.39, 0.29) is 36.1 Å². The van der Waals surface area contributed by atoms with Gasteiger partial charge in [0.15, 0.2) is 0 Å². The second-order valence-corrected chi connectivity index (χ2v) is 7.63. The van der Waals surface area contributed by atoms with Crippen LogP contribution in [0.1, 0.15) is 37.8 Å². The first-order chi connectivity index (χ1) is 14.4. The Morgan fingerprint density at radius 2 is 1.67 bits per heavy atom. The van der Waals surface area contributed by atoms with Gasteiger partial charge in [-0.2, -0.15) is 0 Å². The number of amides is 3. The number of carbonyl (C=O) groups is 3. The molecule has 0 aromatic heterocycles. The molecule has 0 saturated carbocycles. The summed E-state index contributed by atoms with van der Waals surface area (Å²) >= 11 is 0. The smallest absolute Gasteiger partial charge is 0.226 e. The van der Waals surface area contributed by atoms with E-state index < -0.39 is 0 Å². The minimum Gasteiger partial charge on any atom is -0.371 e. The van der Waals surface area contributed by atoms with Gasteiger partial charge in [-0.05, 0) is 42.7 Å². The lowest BCUT2D eigenvalue weighted by molar-refractivity contribution is -0.122. The Morgan fingerprint density at radius 3 is 2.23 bits per heavy atom. The molecule has 158 valence electrons. The molecule has 0 aliphatic carbocycles. The minimum absolute atomic E-state index is 0.0408. The van der Waals surface area contributed by atoms with E-state index in [4.69, 9.17) is 5.73 Å². The third-order valence-corrected chi connectivity index (χ3v) is 5.38. The van der Waals surface area contributed by atoms with Gasteiger partial charge in [0.2, 0.25) is 17.7 Å². The van der Waals surface area contributed by atoms with Gasteiger partial charge in [-0.1, -0.05) is 30.3 Å². The molecule has 0 bridgehead atoms. The van der Waals surface area contributed by atoms with Crippen molar-refractivity contribution in [3.8, 4) is 0 Å². The minimum atomic E-state index is -0.380. The van der Waals surface area contributed by atoms with E-state index in [0.29, 0.717) is 5.69 Å². The van der Waals surface area contributed by atoms with Crippen molar-refractivity contribution >= 4 is 29.1 Å². The summed E-state index contributed by atoms with van der Waals surface area (Å²) in [4.78, 5) is 37.6. The summed E-state index contributed by atoms with van der Waals surface area (Å²) in [5.41, 5.74) is 8.03. The number of carbonyl (C=O) groups excluding carboxylic acids is 3. The second-order valence-electron chi connectivity index (χ2n) is 7.63. The molecule has 1 atom stereocenters. The molecule has 30 heavy (non-hydrogen) atoms. The lowest BCUT2D eigenvalue weighted by Gasteiger charge is -2.32. The van der Waals surface area contributed by atoms with Gasteiger partial charge in [-0.15, -0.1) is 0 Å². The number of benzene rings is 2. The number of rotatable bonds is 7. The van der Waals surface area contributed by atoms with Crippen LogP contribution in [0.25, 0.3) is 0 Å². The van der Waals surface area contributed by atoms with E-state index >= 15 is 0 Å². The summed E-state index contributed by atoms with van der Waals surface area (Å²) in [6.07, 6.45) is 1.67. The van der Waals surface area contributed by atoms with Gasteiger partial charge in [0.1, 0.15) is 0 Å². The maximum atomic E-state index is 12.5. The number of piperidine rings is 1. The van der Waals surface area contributed by atoms with Gasteiger partial charge >= 0.3 is 0 Å². The number of nitrogens with two attached hydrogens (primary N) is 1. The first-order valence-electron chi connectivity index (χ1n) is 10.2. The van der Waals surface area contributed by atoms with E-state index in [1.807, 2.05) is 54.6 Å². The van der Waals surface area contributed by atoms with Gasteiger partial charge in [0.05, 0.1) is 12.5 Å². The maximum Gasteiger partial charge on any atom is 0.226 e. The normalized spacial score (nSPS) is 15.3. The molecule has 2 aromatic carbocycles. The summed E-state index contributed by atoms with van der Waals surface area (Å²) in [5.74, 6) is -0.615. The molecule has 4 N–H and O–H groups in total. The van der Waals surface area contributed by atoms with E-state index in [1.54, 1.807) is 0 Å². The van der Waals surface area contributed by atoms with Crippen LogP contribution in [-0.2, 0) is 14.4 Å². The SMILES string of the molecule is CC(=O)NC(CC(=O)Nc1ccc(N2CCC(C(N)=O)CC2)cc1)c1ccccc1. The van der Waals surface area contributed by atoms with E-state index in [2.05, 4.69) is 15.5 Å². The Bertz CT molecular complexity index is 875. The molecule has 1 aliphatic rings. The molecule has 3 amide bonds. The van der Waals surface area contributed by atoms with Crippen molar-refractivity contribution in [2.24, 2.45) is 11.7 Å². The molecule has 2 aromatic rings. The Kier molecular flexibility index (Phi) is 7.06. The third kappa shape index (κ3) is 5.83. The lowest BCUT2D eigenvalue weighted by Crippen LogP contribution is -2.38. The van der Waals surface area contributed by atoms with Crippen molar-refractivity contribution in [3.05, 3.63) is 60.2 Å².